The van der Waals surface area contributed by atoms with Crippen LogP contribution in [0.1, 0.15) is 30.9 Å². The Labute approximate surface area is 143 Å². The zero-order valence-electron chi connectivity index (χ0n) is 14.2. The molecule has 3 rings (SSSR count). The summed E-state index contributed by atoms with van der Waals surface area (Å²) in [4.78, 5) is 15.0. The van der Waals surface area contributed by atoms with Gasteiger partial charge in [-0.25, -0.2) is 0 Å². The Kier molecular flexibility index (Phi) is 5.16. The third-order valence-electron chi connectivity index (χ3n) is 4.46. The molecule has 0 fully saturated rings. The van der Waals surface area contributed by atoms with Crippen molar-refractivity contribution in [1.82, 2.24) is 4.90 Å². The molecular weight excluding hydrogens is 302 g/mol. The predicted molar refractivity (Wildman–Crippen MR) is 93.5 cm³/mol. The molecule has 0 spiro atoms. The van der Waals surface area contributed by atoms with Crippen molar-refractivity contribution >= 4 is 5.97 Å². The second-order valence-electron chi connectivity index (χ2n) is 5.81. The Hall–Kier alpha value is -2.33. The number of benzene rings is 2. The van der Waals surface area contributed by atoms with Gasteiger partial charge in [0.15, 0.2) is 0 Å². The second kappa shape index (κ2) is 7.49. The van der Waals surface area contributed by atoms with Gasteiger partial charge in [0.25, 0.3) is 0 Å². The Balaban J connectivity index is 1.80. The Morgan fingerprint density at radius 3 is 2.08 bits per heavy atom. The standard InChI is InChI=1S/C20H23NO3/c1-3-21(4-2)13-14-23-20(22)19-15-9-5-7-11-17(15)24-18-12-8-6-10-16(18)19/h5-12,19H,3-4,13-14H2,1-2H3. The molecule has 0 aliphatic carbocycles. The van der Waals surface area contributed by atoms with Crippen LogP contribution < -0.4 is 4.74 Å². The maximum Gasteiger partial charge on any atom is 0.318 e. The minimum atomic E-state index is -0.428. The number of fused-ring (bicyclic) bond motifs is 2. The van der Waals surface area contributed by atoms with Crippen molar-refractivity contribution in [2.24, 2.45) is 0 Å². The number of likely N-dealkylation sites (N-methyl/N-ethyl adjacent to an activating group) is 1. The fourth-order valence-electron chi connectivity index (χ4n) is 3.06. The summed E-state index contributed by atoms with van der Waals surface area (Å²) in [6.45, 7) is 7.29. The van der Waals surface area contributed by atoms with E-state index in [9.17, 15) is 4.79 Å². The number of nitrogens with zero attached hydrogens (tertiary/aromatic N) is 1. The van der Waals surface area contributed by atoms with Crippen molar-refractivity contribution in [3.05, 3.63) is 59.7 Å². The molecule has 2 aromatic rings. The normalized spacial score (nSPS) is 13.1. The van der Waals surface area contributed by atoms with Gasteiger partial charge >= 0.3 is 5.97 Å². The molecule has 4 heteroatoms. The van der Waals surface area contributed by atoms with Crippen LogP contribution in [-0.2, 0) is 9.53 Å². The van der Waals surface area contributed by atoms with E-state index in [4.69, 9.17) is 9.47 Å². The summed E-state index contributed by atoms with van der Waals surface area (Å²) in [7, 11) is 0. The largest absolute Gasteiger partial charge is 0.464 e. The smallest absolute Gasteiger partial charge is 0.318 e. The molecule has 0 saturated heterocycles. The number of carbonyl (C=O) groups excluding carboxylic acids is 1. The van der Waals surface area contributed by atoms with Crippen LogP contribution in [0.2, 0.25) is 0 Å². The SMILES string of the molecule is CCN(CC)CCOC(=O)C1c2ccccc2Oc2ccccc21. The molecule has 0 radical (unpaired) electrons. The zero-order chi connectivity index (χ0) is 16.9. The highest BCUT2D eigenvalue weighted by molar-refractivity contribution is 5.85. The van der Waals surface area contributed by atoms with Gasteiger partial charge in [0, 0.05) is 17.7 Å². The Bertz CT molecular complexity index is 664. The number of para-hydroxylation sites is 2. The molecule has 0 N–H and O–H groups in total. The van der Waals surface area contributed by atoms with Crippen molar-refractivity contribution < 1.29 is 14.3 Å². The fourth-order valence-corrected chi connectivity index (χ4v) is 3.06. The minimum absolute atomic E-state index is 0.217. The van der Waals surface area contributed by atoms with Crippen molar-refractivity contribution in [3.63, 3.8) is 0 Å². The maximum atomic E-state index is 12.8. The first-order valence-corrected chi connectivity index (χ1v) is 8.49. The molecule has 0 saturated carbocycles. The lowest BCUT2D eigenvalue weighted by atomic mass is 9.88. The fraction of sp³-hybridized carbons (Fsp3) is 0.350. The third-order valence-corrected chi connectivity index (χ3v) is 4.46. The predicted octanol–water partition coefficient (Wildman–Crippen LogP) is 3.81. The Morgan fingerprint density at radius 1 is 1.00 bits per heavy atom. The van der Waals surface area contributed by atoms with Gasteiger partial charge in [-0.05, 0) is 25.2 Å². The van der Waals surface area contributed by atoms with E-state index in [1.54, 1.807) is 0 Å². The summed E-state index contributed by atoms with van der Waals surface area (Å²) in [6, 6.07) is 15.3. The summed E-state index contributed by atoms with van der Waals surface area (Å²) in [5.74, 6) is 0.803. The van der Waals surface area contributed by atoms with Crippen molar-refractivity contribution in [1.29, 1.82) is 0 Å². The van der Waals surface area contributed by atoms with Crippen LogP contribution in [0.15, 0.2) is 48.5 Å². The lowest BCUT2D eigenvalue weighted by Gasteiger charge is -2.27. The van der Waals surface area contributed by atoms with Gasteiger partial charge in [-0.15, -0.1) is 0 Å². The van der Waals surface area contributed by atoms with Crippen LogP contribution in [0.4, 0.5) is 0 Å². The summed E-state index contributed by atoms with van der Waals surface area (Å²) in [6.07, 6.45) is 0. The van der Waals surface area contributed by atoms with Gasteiger partial charge in [-0.1, -0.05) is 50.2 Å². The van der Waals surface area contributed by atoms with E-state index in [1.807, 2.05) is 48.5 Å². The first-order chi connectivity index (χ1) is 11.7. The molecule has 126 valence electrons. The number of ether oxygens (including phenoxy) is 2. The molecule has 0 amide bonds. The van der Waals surface area contributed by atoms with Crippen molar-refractivity contribution in [2.45, 2.75) is 19.8 Å². The monoisotopic (exact) mass is 325 g/mol. The van der Waals surface area contributed by atoms with E-state index in [0.717, 1.165) is 42.3 Å². The Morgan fingerprint density at radius 2 is 1.54 bits per heavy atom. The highest BCUT2D eigenvalue weighted by Gasteiger charge is 2.33. The van der Waals surface area contributed by atoms with Gasteiger partial charge in [0.1, 0.15) is 24.0 Å². The number of rotatable bonds is 6. The number of hydrogen-bond donors (Lipinski definition) is 0. The van der Waals surface area contributed by atoms with Crippen molar-refractivity contribution in [3.8, 4) is 11.5 Å². The number of hydrogen-bond acceptors (Lipinski definition) is 4. The highest BCUT2D eigenvalue weighted by Crippen LogP contribution is 2.44. The maximum absolute atomic E-state index is 12.8. The van der Waals surface area contributed by atoms with Gasteiger partial charge in [-0.3, -0.25) is 4.79 Å². The van der Waals surface area contributed by atoms with Crippen LogP contribution in [-0.4, -0.2) is 37.1 Å². The van der Waals surface area contributed by atoms with Gasteiger partial charge in [0.2, 0.25) is 0 Å². The van der Waals surface area contributed by atoms with E-state index < -0.39 is 5.92 Å². The molecular formula is C20H23NO3. The van der Waals surface area contributed by atoms with Gasteiger partial charge in [-0.2, -0.15) is 0 Å². The van der Waals surface area contributed by atoms with Crippen LogP contribution in [0.5, 0.6) is 11.5 Å². The van der Waals surface area contributed by atoms with E-state index in [2.05, 4.69) is 18.7 Å². The number of esters is 1. The lowest BCUT2D eigenvalue weighted by molar-refractivity contribution is -0.145. The van der Waals surface area contributed by atoms with Crippen molar-refractivity contribution in [2.75, 3.05) is 26.2 Å². The summed E-state index contributed by atoms with van der Waals surface area (Å²) >= 11 is 0. The molecule has 1 aliphatic heterocycles. The van der Waals surface area contributed by atoms with E-state index in [1.165, 1.54) is 0 Å². The molecule has 0 bridgehead atoms. The minimum Gasteiger partial charge on any atom is -0.464 e. The van der Waals surface area contributed by atoms with Crippen LogP contribution in [0, 0.1) is 0 Å². The number of carbonyl (C=O) groups is 1. The van der Waals surface area contributed by atoms with Crippen LogP contribution in [0.25, 0.3) is 0 Å². The first kappa shape index (κ1) is 16.5. The topological polar surface area (TPSA) is 38.8 Å². The van der Waals surface area contributed by atoms with E-state index in [-0.39, 0.29) is 5.97 Å². The average molecular weight is 325 g/mol. The van der Waals surface area contributed by atoms with Gasteiger partial charge < -0.3 is 14.4 Å². The first-order valence-electron chi connectivity index (χ1n) is 8.49. The molecule has 1 heterocycles. The zero-order valence-corrected chi connectivity index (χ0v) is 14.2. The van der Waals surface area contributed by atoms with E-state index in [0.29, 0.717) is 6.61 Å². The van der Waals surface area contributed by atoms with Gasteiger partial charge in [0.05, 0.1) is 0 Å². The molecule has 24 heavy (non-hydrogen) atoms. The van der Waals surface area contributed by atoms with Crippen LogP contribution in [0.3, 0.4) is 0 Å². The second-order valence-corrected chi connectivity index (χ2v) is 5.81. The lowest BCUT2D eigenvalue weighted by Crippen LogP contribution is -2.29. The average Bonchev–Trinajstić information content (AvgIpc) is 2.63. The highest BCUT2D eigenvalue weighted by atomic mass is 16.5. The molecule has 0 unspecified atom stereocenters. The summed E-state index contributed by atoms with van der Waals surface area (Å²) < 4.78 is 11.5. The van der Waals surface area contributed by atoms with E-state index >= 15 is 0 Å². The molecule has 1 aliphatic rings. The summed E-state index contributed by atoms with van der Waals surface area (Å²) in [5, 5.41) is 0. The third kappa shape index (κ3) is 3.29. The summed E-state index contributed by atoms with van der Waals surface area (Å²) in [5.41, 5.74) is 1.73. The molecule has 0 atom stereocenters. The molecule has 2 aromatic carbocycles. The molecule has 0 aromatic heterocycles. The van der Waals surface area contributed by atoms with Crippen LogP contribution >= 0.6 is 0 Å². The molecule has 4 nitrogen and oxygen atoms in total. The quantitative estimate of drug-likeness (QED) is 0.757.